The van der Waals surface area contributed by atoms with Gasteiger partial charge in [0.05, 0.1) is 23.6 Å². The van der Waals surface area contributed by atoms with Gasteiger partial charge in [0.15, 0.2) is 0 Å². The molecule has 0 radical (unpaired) electrons. The zero-order chi connectivity index (χ0) is 28.2. The Morgan fingerprint density at radius 1 is 0.698 bits per heavy atom. The Hall–Kier alpha value is -4.83. The number of benzene rings is 5. The minimum atomic E-state index is 0. The molecule has 0 spiro atoms. The number of rotatable bonds is 2. The Morgan fingerprint density at radius 2 is 1.44 bits per heavy atom. The quantitative estimate of drug-likeness (QED) is 0.131. The van der Waals surface area contributed by atoms with Crippen LogP contribution in [0.15, 0.2) is 121 Å². The van der Waals surface area contributed by atoms with Crippen LogP contribution in [0, 0.1) is 25.4 Å². The van der Waals surface area contributed by atoms with Crippen LogP contribution in [-0.2, 0) is 27.2 Å². The van der Waals surface area contributed by atoms with E-state index in [1.165, 1.54) is 38.1 Å². The maximum Gasteiger partial charge on any atom is 3.00 e. The van der Waals surface area contributed by atoms with Gasteiger partial charge in [-0.1, -0.05) is 84.0 Å². The van der Waals surface area contributed by atoms with Crippen molar-refractivity contribution in [2.45, 2.75) is 6.92 Å². The van der Waals surface area contributed by atoms with Gasteiger partial charge in [-0.3, -0.25) is 0 Å². The van der Waals surface area contributed by atoms with Gasteiger partial charge in [0.25, 0.3) is 0 Å². The van der Waals surface area contributed by atoms with E-state index < -0.39 is 0 Å². The maximum atomic E-state index is 4.32. The van der Waals surface area contributed by atoms with Crippen molar-refractivity contribution in [3.8, 4) is 16.9 Å². The summed E-state index contributed by atoms with van der Waals surface area (Å²) in [6, 6.07) is 46.8. The fourth-order valence-electron chi connectivity index (χ4n) is 6.02. The first-order valence-electron chi connectivity index (χ1n) is 14.1. The van der Waals surface area contributed by atoms with Crippen molar-refractivity contribution in [1.29, 1.82) is 0 Å². The molecule has 4 aromatic heterocycles. The number of aromatic nitrogens is 4. The molecule has 0 aliphatic heterocycles. The number of nitrogens with zero attached hydrogens (tertiary/aromatic N) is 4. The fraction of sp³-hybridized carbons (Fsp3) is 0.0526. The number of hydrogen-bond acceptors (Lipinski definition) is 1. The second-order valence-corrected chi connectivity index (χ2v) is 10.6. The van der Waals surface area contributed by atoms with E-state index in [4.69, 9.17) is 0 Å². The molecular formula is C38H26IrN4+. The number of hydrogen-bond donors (Lipinski definition) is 0. The molecule has 9 rings (SSSR count). The third kappa shape index (κ3) is 4.40. The monoisotopic (exact) mass is 731 g/mol. The molecule has 5 aromatic carbocycles. The summed E-state index contributed by atoms with van der Waals surface area (Å²) in [4.78, 5) is 4.32. The molecule has 0 atom stereocenters. The topological polar surface area (TPSA) is 26.1 Å². The molecule has 43 heavy (non-hydrogen) atoms. The summed E-state index contributed by atoms with van der Waals surface area (Å²) in [5.74, 6) is 0. The van der Waals surface area contributed by atoms with Gasteiger partial charge in [-0.15, -0.1) is 41.3 Å². The summed E-state index contributed by atoms with van der Waals surface area (Å²) in [6.07, 6.45) is 5.30. The van der Waals surface area contributed by atoms with Crippen molar-refractivity contribution in [1.82, 2.24) is 14.0 Å². The molecular weight excluding hydrogens is 705 g/mol. The Bertz CT molecular complexity index is 2370. The van der Waals surface area contributed by atoms with Crippen molar-refractivity contribution < 1.29 is 24.7 Å². The van der Waals surface area contributed by atoms with E-state index >= 15 is 0 Å². The van der Waals surface area contributed by atoms with E-state index in [0.717, 1.165) is 33.5 Å². The van der Waals surface area contributed by atoms with Gasteiger partial charge in [0.1, 0.15) is 0 Å². The van der Waals surface area contributed by atoms with Crippen molar-refractivity contribution in [2.24, 2.45) is 7.05 Å². The van der Waals surface area contributed by atoms with Crippen molar-refractivity contribution >= 4 is 49.1 Å². The summed E-state index contributed by atoms with van der Waals surface area (Å²) in [5, 5.41) is 5.11. The number of fused-ring (bicyclic) bond motifs is 7. The van der Waals surface area contributed by atoms with Gasteiger partial charge in [-0.25, -0.2) is 0 Å². The van der Waals surface area contributed by atoms with Gasteiger partial charge < -0.3 is 18.5 Å². The van der Waals surface area contributed by atoms with Gasteiger partial charge in [-0.05, 0) is 29.6 Å². The van der Waals surface area contributed by atoms with Crippen LogP contribution in [0.4, 0.5) is 0 Å². The molecule has 0 saturated heterocycles. The van der Waals surface area contributed by atoms with Crippen molar-refractivity contribution in [2.75, 3.05) is 0 Å². The van der Waals surface area contributed by atoms with E-state index in [9.17, 15) is 0 Å². The molecule has 4 heterocycles. The molecule has 0 unspecified atom stereocenters. The van der Waals surface area contributed by atoms with Crippen LogP contribution in [0.25, 0.3) is 66.1 Å². The Balaban J connectivity index is 0.000000182. The molecule has 0 fully saturated rings. The normalized spacial score (nSPS) is 11.3. The largest absolute Gasteiger partial charge is 3.00 e. The SMILES string of the molecule is C[n+]1[c-]n(-c2[c-]c3c(cc2)c2cccc4c5ccccc5n3c24)c2ccccc21.Cc1ccc(-c2[c-]cccc2)nc1.[Ir+3]. The molecule has 0 saturated carbocycles. The van der Waals surface area contributed by atoms with E-state index in [1.54, 1.807) is 0 Å². The van der Waals surface area contributed by atoms with E-state index in [2.05, 4.69) is 117 Å². The van der Waals surface area contributed by atoms with Gasteiger partial charge in [0, 0.05) is 22.5 Å². The fourth-order valence-corrected chi connectivity index (χ4v) is 6.02. The summed E-state index contributed by atoms with van der Waals surface area (Å²) in [6.45, 7) is 2.03. The Labute approximate surface area is 263 Å². The zero-order valence-corrected chi connectivity index (χ0v) is 26.1. The van der Waals surface area contributed by atoms with E-state index in [1.807, 2.05) is 55.1 Å². The second-order valence-electron chi connectivity index (χ2n) is 10.6. The summed E-state index contributed by atoms with van der Waals surface area (Å²) in [5.41, 5.74) is 10.1. The van der Waals surface area contributed by atoms with Crippen LogP contribution >= 0.6 is 0 Å². The smallest absolute Gasteiger partial charge is 0.342 e. The molecule has 0 bridgehead atoms. The van der Waals surface area contributed by atoms with Gasteiger partial charge in [-0.2, -0.15) is 18.2 Å². The Morgan fingerprint density at radius 3 is 2.23 bits per heavy atom. The third-order valence-corrected chi connectivity index (χ3v) is 7.99. The average molecular weight is 731 g/mol. The summed E-state index contributed by atoms with van der Waals surface area (Å²) in [7, 11) is 2.03. The molecule has 5 heteroatoms. The van der Waals surface area contributed by atoms with Crippen LogP contribution in [0.2, 0.25) is 0 Å². The summed E-state index contributed by atoms with van der Waals surface area (Å²) < 4.78 is 6.50. The maximum absolute atomic E-state index is 4.32. The van der Waals surface area contributed by atoms with Crippen LogP contribution in [-0.4, -0.2) is 14.0 Å². The predicted octanol–water partition coefficient (Wildman–Crippen LogP) is 8.06. The molecule has 0 aliphatic carbocycles. The van der Waals surface area contributed by atoms with E-state index in [0.29, 0.717) is 0 Å². The van der Waals surface area contributed by atoms with Crippen LogP contribution in [0.5, 0.6) is 0 Å². The van der Waals surface area contributed by atoms with Gasteiger partial charge >= 0.3 is 20.1 Å². The van der Waals surface area contributed by atoms with Crippen LogP contribution in [0.1, 0.15) is 5.56 Å². The van der Waals surface area contributed by atoms with Crippen LogP contribution < -0.4 is 4.57 Å². The zero-order valence-electron chi connectivity index (χ0n) is 23.7. The second kappa shape index (κ2) is 10.8. The van der Waals surface area contributed by atoms with E-state index in [-0.39, 0.29) is 20.1 Å². The number of imidazole rings is 1. The first kappa shape index (κ1) is 27.0. The number of para-hydroxylation sites is 4. The summed E-state index contributed by atoms with van der Waals surface area (Å²) >= 11 is 0. The molecule has 9 aromatic rings. The molecule has 206 valence electrons. The van der Waals surface area contributed by atoms with Crippen molar-refractivity contribution in [3.63, 3.8) is 0 Å². The van der Waals surface area contributed by atoms with Crippen molar-refractivity contribution in [3.05, 3.63) is 145 Å². The first-order chi connectivity index (χ1) is 20.7. The predicted molar refractivity (Wildman–Crippen MR) is 170 cm³/mol. The molecule has 0 amide bonds. The average Bonchev–Trinajstić information content (AvgIpc) is 3.69. The first-order valence-corrected chi connectivity index (χ1v) is 14.1. The molecule has 0 aliphatic rings. The minimum absolute atomic E-state index is 0. The molecule has 4 nitrogen and oxygen atoms in total. The third-order valence-electron chi connectivity index (χ3n) is 7.99. The molecule has 0 N–H and O–H groups in total. The minimum Gasteiger partial charge on any atom is -0.342 e. The van der Waals surface area contributed by atoms with Gasteiger partial charge in [0.2, 0.25) is 6.33 Å². The number of aryl methyl sites for hydroxylation is 2. The Kier molecular flexibility index (Phi) is 6.77. The van der Waals surface area contributed by atoms with Crippen LogP contribution in [0.3, 0.4) is 0 Å². The standard InChI is InChI=1S/C26H16N3.C12H10N.Ir/c1-27-16-28(24-12-5-4-11-23(24)27)17-13-14-19-21-9-6-8-20-18-7-2-3-10-22(18)29(26(20)21)25(19)15-17;1-10-7-8-12(13-9-10)11-5-3-2-4-6-11;/h2-14H,1H3;2-5,7-9H,1H3;/q2*-1;+3. The number of pyridine rings is 1.